The van der Waals surface area contributed by atoms with Crippen LogP contribution in [-0.2, 0) is 0 Å². The second-order valence-corrected chi connectivity index (χ2v) is 5.00. The van der Waals surface area contributed by atoms with Crippen LogP contribution in [0.25, 0.3) is 0 Å². The largest absolute Gasteiger partial charge is 0.396 e. The first-order valence-corrected chi connectivity index (χ1v) is 6.45. The molecule has 0 spiro atoms. The van der Waals surface area contributed by atoms with E-state index < -0.39 is 6.10 Å². The van der Waals surface area contributed by atoms with Crippen LogP contribution in [0.5, 0.6) is 0 Å². The number of rotatable bonds is 4. The Morgan fingerprint density at radius 1 is 1.50 bits per heavy atom. The summed E-state index contributed by atoms with van der Waals surface area (Å²) < 4.78 is 14.0. The van der Waals surface area contributed by atoms with Gasteiger partial charge in [-0.3, -0.25) is 0 Å². The lowest BCUT2D eigenvalue weighted by atomic mass is 10.1. The Kier molecular flexibility index (Phi) is 4.19. The molecule has 2 rings (SSSR count). The van der Waals surface area contributed by atoms with Crippen LogP contribution in [-0.4, -0.2) is 29.9 Å². The van der Waals surface area contributed by atoms with Crippen molar-refractivity contribution in [3.8, 4) is 0 Å². The molecule has 0 bridgehead atoms. The van der Waals surface area contributed by atoms with Gasteiger partial charge in [0.05, 0.1) is 11.8 Å². The molecule has 1 aliphatic heterocycles. The zero-order valence-electron chi connectivity index (χ0n) is 10.6. The van der Waals surface area contributed by atoms with Gasteiger partial charge in [0, 0.05) is 19.7 Å². The van der Waals surface area contributed by atoms with Gasteiger partial charge < -0.3 is 15.1 Å². The number of aliphatic hydroxyl groups excluding tert-OH is 2. The molecule has 1 fully saturated rings. The number of hydrogen-bond acceptors (Lipinski definition) is 3. The summed E-state index contributed by atoms with van der Waals surface area (Å²) in [7, 11) is 0. The van der Waals surface area contributed by atoms with Crippen molar-refractivity contribution in [3.05, 3.63) is 29.6 Å². The molecule has 0 amide bonds. The van der Waals surface area contributed by atoms with Gasteiger partial charge in [0.25, 0.3) is 0 Å². The van der Waals surface area contributed by atoms with Gasteiger partial charge in [-0.2, -0.15) is 0 Å². The van der Waals surface area contributed by atoms with Crippen molar-refractivity contribution >= 4 is 5.69 Å². The normalized spacial score (nSPS) is 21.3. The number of anilines is 1. The van der Waals surface area contributed by atoms with E-state index in [1.54, 1.807) is 19.1 Å². The third-order valence-corrected chi connectivity index (χ3v) is 3.62. The predicted octanol–water partition coefficient (Wildman–Crippen LogP) is 2.09. The lowest BCUT2D eigenvalue weighted by molar-refractivity contribution is 0.199. The molecule has 0 aliphatic carbocycles. The van der Waals surface area contributed by atoms with Crippen LogP contribution in [0, 0.1) is 11.7 Å². The summed E-state index contributed by atoms with van der Waals surface area (Å²) in [6.45, 7) is 3.45. The molecule has 2 unspecified atom stereocenters. The number of benzene rings is 1. The molecule has 1 aromatic carbocycles. The van der Waals surface area contributed by atoms with Crippen LogP contribution >= 0.6 is 0 Å². The van der Waals surface area contributed by atoms with Gasteiger partial charge in [-0.05, 0) is 43.4 Å². The van der Waals surface area contributed by atoms with E-state index in [0.717, 1.165) is 25.9 Å². The van der Waals surface area contributed by atoms with Crippen LogP contribution in [0.1, 0.15) is 31.4 Å². The van der Waals surface area contributed by atoms with Gasteiger partial charge in [0.1, 0.15) is 5.82 Å². The molecule has 1 aliphatic rings. The van der Waals surface area contributed by atoms with Crippen LogP contribution in [0.15, 0.2) is 18.2 Å². The van der Waals surface area contributed by atoms with Crippen molar-refractivity contribution in [2.75, 3.05) is 24.6 Å². The molecule has 1 aromatic rings. The van der Waals surface area contributed by atoms with Gasteiger partial charge in [0.2, 0.25) is 0 Å². The Labute approximate surface area is 107 Å². The molecule has 3 nitrogen and oxygen atoms in total. The lowest BCUT2D eigenvalue weighted by Crippen LogP contribution is -2.21. The zero-order chi connectivity index (χ0) is 13.1. The summed E-state index contributed by atoms with van der Waals surface area (Å²) >= 11 is 0. The second kappa shape index (κ2) is 5.67. The monoisotopic (exact) mass is 253 g/mol. The third kappa shape index (κ3) is 2.82. The van der Waals surface area contributed by atoms with Crippen LogP contribution < -0.4 is 4.90 Å². The smallest absolute Gasteiger partial charge is 0.146 e. The fourth-order valence-corrected chi connectivity index (χ4v) is 2.51. The third-order valence-electron chi connectivity index (χ3n) is 3.62. The van der Waals surface area contributed by atoms with E-state index in [9.17, 15) is 9.50 Å². The quantitative estimate of drug-likeness (QED) is 0.863. The van der Waals surface area contributed by atoms with Gasteiger partial charge in [-0.25, -0.2) is 4.39 Å². The summed E-state index contributed by atoms with van der Waals surface area (Å²) in [6.07, 6.45) is 1.14. The van der Waals surface area contributed by atoms with E-state index >= 15 is 0 Å². The Morgan fingerprint density at radius 2 is 2.28 bits per heavy atom. The first-order valence-electron chi connectivity index (χ1n) is 6.45. The average Bonchev–Trinajstić information content (AvgIpc) is 2.77. The van der Waals surface area contributed by atoms with E-state index in [1.807, 2.05) is 4.90 Å². The van der Waals surface area contributed by atoms with Crippen molar-refractivity contribution in [1.29, 1.82) is 0 Å². The van der Waals surface area contributed by atoms with E-state index in [4.69, 9.17) is 5.11 Å². The molecule has 0 aromatic heterocycles. The Morgan fingerprint density at radius 3 is 2.89 bits per heavy atom. The summed E-state index contributed by atoms with van der Waals surface area (Å²) in [5, 5.41) is 18.3. The zero-order valence-corrected chi connectivity index (χ0v) is 10.6. The fraction of sp³-hybridized carbons (Fsp3) is 0.571. The maximum absolute atomic E-state index is 14.0. The van der Waals surface area contributed by atoms with Crippen molar-refractivity contribution in [2.45, 2.75) is 25.9 Å². The fourth-order valence-electron chi connectivity index (χ4n) is 2.51. The van der Waals surface area contributed by atoms with Crippen molar-refractivity contribution in [1.82, 2.24) is 0 Å². The van der Waals surface area contributed by atoms with E-state index in [2.05, 4.69) is 0 Å². The van der Waals surface area contributed by atoms with Gasteiger partial charge in [-0.15, -0.1) is 0 Å². The maximum Gasteiger partial charge on any atom is 0.146 e. The van der Waals surface area contributed by atoms with Gasteiger partial charge in [0.15, 0.2) is 0 Å². The summed E-state index contributed by atoms with van der Waals surface area (Å²) in [5.74, 6) is 0.170. The minimum Gasteiger partial charge on any atom is -0.396 e. The highest BCUT2D eigenvalue weighted by molar-refractivity contribution is 5.50. The molecule has 100 valence electrons. The molecule has 18 heavy (non-hydrogen) atoms. The van der Waals surface area contributed by atoms with Crippen LogP contribution in [0.4, 0.5) is 10.1 Å². The highest BCUT2D eigenvalue weighted by Crippen LogP contribution is 2.29. The molecular weight excluding hydrogens is 233 g/mol. The highest BCUT2D eigenvalue weighted by Gasteiger charge is 2.24. The molecule has 2 atom stereocenters. The molecule has 4 heteroatoms. The molecular formula is C14H20FNO2. The Hall–Kier alpha value is -1.13. The number of aliphatic hydroxyl groups is 2. The maximum atomic E-state index is 14.0. The second-order valence-electron chi connectivity index (χ2n) is 5.00. The molecule has 1 heterocycles. The first kappa shape index (κ1) is 13.3. The summed E-state index contributed by atoms with van der Waals surface area (Å²) in [6, 6.07) is 4.90. The number of hydrogen-bond donors (Lipinski definition) is 2. The van der Waals surface area contributed by atoms with E-state index in [-0.39, 0.29) is 12.4 Å². The predicted molar refractivity (Wildman–Crippen MR) is 69.1 cm³/mol. The Balaban J connectivity index is 2.10. The lowest BCUT2D eigenvalue weighted by Gasteiger charge is -2.20. The first-order chi connectivity index (χ1) is 8.61. The minimum atomic E-state index is -0.644. The van der Waals surface area contributed by atoms with E-state index in [1.165, 1.54) is 6.07 Å². The van der Waals surface area contributed by atoms with Crippen molar-refractivity contribution in [2.24, 2.45) is 5.92 Å². The number of nitrogens with zero attached hydrogens (tertiary/aromatic N) is 1. The van der Waals surface area contributed by atoms with Gasteiger partial charge >= 0.3 is 0 Å². The standard InChI is InChI=1S/C14H20FNO2/c1-10(18)12-2-3-14(13(15)8-12)16-6-4-11(9-16)5-7-17/h2-3,8,10-11,17-18H,4-7,9H2,1H3. The summed E-state index contributed by atoms with van der Waals surface area (Å²) in [5.41, 5.74) is 1.20. The average molecular weight is 253 g/mol. The molecule has 0 saturated carbocycles. The Bertz CT molecular complexity index is 409. The highest BCUT2D eigenvalue weighted by atomic mass is 19.1. The van der Waals surface area contributed by atoms with Crippen LogP contribution in [0.2, 0.25) is 0 Å². The summed E-state index contributed by atoms with van der Waals surface area (Å²) in [4.78, 5) is 2.02. The minimum absolute atomic E-state index is 0.196. The van der Waals surface area contributed by atoms with Crippen LogP contribution in [0.3, 0.4) is 0 Å². The van der Waals surface area contributed by atoms with E-state index in [0.29, 0.717) is 17.2 Å². The van der Waals surface area contributed by atoms with Crippen molar-refractivity contribution < 1.29 is 14.6 Å². The SMILES string of the molecule is CC(O)c1ccc(N2CCC(CCO)C2)c(F)c1. The molecule has 0 radical (unpaired) electrons. The van der Waals surface area contributed by atoms with Crippen molar-refractivity contribution in [3.63, 3.8) is 0 Å². The topological polar surface area (TPSA) is 43.7 Å². The molecule has 1 saturated heterocycles. The molecule has 2 N–H and O–H groups in total. The van der Waals surface area contributed by atoms with Gasteiger partial charge in [-0.1, -0.05) is 6.07 Å². The number of halogens is 1.